The van der Waals surface area contributed by atoms with Gasteiger partial charge in [0.2, 0.25) is 0 Å². The molecule has 2 N–H and O–H groups in total. The largest absolute Gasteiger partial charge is 0.388 e. The van der Waals surface area contributed by atoms with Crippen LogP contribution in [0.2, 0.25) is 0 Å². The van der Waals surface area contributed by atoms with Crippen molar-refractivity contribution < 1.29 is 5.11 Å². The molecule has 2 rings (SSSR count). The Bertz CT molecular complexity index is 505. The van der Waals surface area contributed by atoms with Crippen molar-refractivity contribution in [3.8, 4) is 0 Å². The zero-order chi connectivity index (χ0) is 11.4. The molecule has 0 saturated carbocycles. The molecule has 5 nitrogen and oxygen atoms in total. The molecule has 0 aromatic carbocycles. The summed E-state index contributed by atoms with van der Waals surface area (Å²) in [5.74, 6) is 0.569. The van der Waals surface area contributed by atoms with Crippen molar-refractivity contribution in [2.75, 3.05) is 0 Å². The molecule has 0 aliphatic carbocycles. The van der Waals surface area contributed by atoms with Crippen molar-refractivity contribution in [3.05, 3.63) is 40.7 Å². The van der Waals surface area contributed by atoms with Gasteiger partial charge in [0.15, 0.2) is 10.6 Å². The van der Waals surface area contributed by atoms with Gasteiger partial charge in [0.1, 0.15) is 6.61 Å². The van der Waals surface area contributed by atoms with Crippen LogP contribution in [0.25, 0.3) is 0 Å². The molecule has 0 aliphatic rings. The van der Waals surface area contributed by atoms with Gasteiger partial charge in [0.05, 0.1) is 0 Å². The molecule has 6 heteroatoms. The monoisotopic (exact) mass is 236 g/mol. The molecule has 0 saturated heterocycles. The molecule has 0 bridgehead atoms. The number of aryl methyl sites for hydroxylation is 1. The fourth-order valence-electron chi connectivity index (χ4n) is 1.49. The van der Waals surface area contributed by atoms with E-state index < -0.39 is 0 Å². The van der Waals surface area contributed by atoms with Gasteiger partial charge in [-0.3, -0.25) is 10.1 Å². The number of pyridine rings is 1. The third-order valence-corrected chi connectivity index (χ3v) is 2.66. The number of aromatic amines is 1. The van der Waals surface area contributed by atoms with Gasteiger partial charge in [0.25, 0.3) is 0 Å². The number of rotatable bonds is 4. The van der Waals surface area contributed by atoms with Gasteiger partial charge >= 0.3 is 0 Å². The van der Waals surface area contributed by atoms with Gasteiger partial charge in [-0.05, 0) is 36.3 Å². The number of nitrogens with zero attached hydrogens (tertiary/aromatic N) is 3. The van der Waals surface area contributed by atoms with Crippen LogP contribution in [0, 0.1) is 4.77 Å². The second kappa shape index (κ2) is 5.00. The highest BCUT2D eigenvalue weighted by Crippen LogP contribution is 2.03. The van der Waals surface area contributed by atoms with E-state index in [2.05, 4.69) is 15.2 Å². The van der Waals surface area contributed by atoms with Crippen LogP contribution in [-0.2, 0) is 19.6 Å². The molecule has 0 radical (unpaired) electrons. The maximum absolute atomic E-state index is 9.07. The first-order valence-corrected chi connectivity index (χ1v) is 5.36. The van der Waals surface area contributed by atoms with E-state index in [-0.39, 0.29) is 6.61 Å². The quantitative estimate of drug-likeness (QED) is 0.779. The summed E-state index contributed by atoms with van der Waals surface area (Å²) in [6, 6.07) is 3.92. The van der Waals surface area contributed by atoms with E-state index in [1.54, 1.807) is 17.0 Å². The highest BCUT2D eigenvalue weighted by Gasteiger charge is 2.04. The maximum Gasteiger partial charge on any atom is 0.195 e. The summed E-state index contributed by atoms with van der Waals surface area (Å²) in [7, 11) is 0. The van der Waals surface area contributed by atoms with Crippen LogP contribution in [0.15, 0.2) is 24.5 Å². The lowest BCUT2D eigenvalue weighted by Crippen LogP contribution is -2.06. The maximum atomic E-state index is 9.07. The SMILES string of the molecule is OCc1n[nH]c(=S)n1CCc1ccncc1. The van der Waals surface area contributed by atoms with Gasteiger partial charge < -0.3 is 9.67 Å². The lowest BCUT2D eigenvalue weighted by atomic mass is 10.2. The Labute approximate surface area is 97.8 Å². The van der Waals surface area contributed by atoms with Crippen LogP contribution in [0.3, 0.4) is 0 Å². The highest BCUT2D eigenvalue weighted by molar-refractivity contribution is 7.71. The number of nitrogens with one attached hydrogen (secondary N) is 1. The molecular formula is C10H12N4OS. The van der Waals surface area contributed by atoms with E-state index in [4.69, 9.17) is 17.3 Å². The number of aromatic nitrogens is 4. The summed E-state index contributed by atoms with van der Waals surface area (Å²) >= 11 is 5.08. The minimum absolute atomic E-state index is 0.108. The van der Waals surface area contributed by atoms with Crippen LogP contribution in [0.4, 0.5) is 0 Å². The van der Waals surface area contributed by atoms with Gasteiger partial charge in [-0.2, -0.15) is 5.10 Å². The van der Waals surface area contributed by atoms with Crippen LogP contribution in [-0.4, -0.2) is 24.9 Å². The fraction of sp³-hybridized carbons (Fsp3) is 0.300. The Morgan fingerprint density at radius 1 is 1.38 bits per heavy atom. The number of hydrogen-bond acceptors (Lipinski definition) is 4. The van der Waals surface area contributed by atoms with Gasteiger partial charge in [-0.25, -0.2) is 0 Å². The molecule has 16 heavy (non-hydrogen) atoms. The van der Waals surface area contributed by atoms with Crippen molar-refractivity contribution in [2.45, 2.75) is 19.6 Å². The first-order chi connectivity index (χ1) is 7.81. The third kappa shape index (κ3) is 2.34. The molecule has 2 heterocycles. The Morgan fingerprint density at radius 2 is 2.12 bits per heavy atom. The Hall–Kier alpha value is -1.53. The van der Waals surface area contributed by atoms with Crippen molar-refractivity contribution in [2.24, 2.45) is 0 Å². The molecule has 0 amide bonds. The van der Waals surface area contributed by atoms with Gasteiger partial charge in [-0.1, -0.05) is 0 Å². The molecule has 0 fully saturated rings. The van der Waals surface area contributed by atoms with Crippen molar-refractivity contribution in [1.82, 2.24) is 19.7 Å². The van der Waals surface area contributed by atoms with Crippen molar-refractivity contribution in [3.63, 3.8) is 0 Å². The van der Waals surface area contributed by atoms with Crippen LogP contribution < -0.4 is 0 Å². The number of H-pyrrole nitrogens is 1. The second-order valence-electron chi connectivity index (χ2n) is 3.36. The first kappa shape index (κ1) is 11.0. The zero-order valence-electron chi connectivity index (χ0n) is 8.63. The molecule has 0 aliphatic heterocycles. The summed E-state index contributed by atoms with van der Waals surface area (Å²) < 4.78 is 2.34. The Kier molecular flexibility index (Phi) is 3.43. The third-order valence-electron chi connectivity index (χ3n) is 2.35. The number of aliphatic hydroxyl groups excluding tert-OH is 1. The lowest BCUT2D eigenvalue weighted by molar-refractivity contribution is 0.264. The molecule has 0 atom stereocenters. The topological polar surface area (TPSA) is 66.7 Å². The molecule has 0 spiro atoms. The molecule has 2 aromatic rings. The standard InChI is InChI=1S/C10H12N4OS/c15-7-9-12-13-10(16)14(9)6-3-8-1-4-11-5-2-8/h1-2,4-5,15H,3,6-7H2,(H,13,16). The lowest BCUT2D eigenvalue weighted by Gasteiger charge is -2.04. The normalized spacial score (nSPS) is 10.6. The number of hydrogen-bond donors (Lipinski definition) is 2. The summed E-state index contributed by atoms with van der Waals surface area (Å²) in [6.45, 7) is 0.596. The Morgan fingerprint density at radius 3 is 2.81 bits per heavy atom. The van der Waals surface area contributed by atoms with E-state index in [9.17, 15) is 0 Å². The van der Waals surface area contributed by atoms with Crippen molar-refractivity contribution in [1.29, 1.82) is 0 Å². The van der Waals surface area contributed by atoms with E-state index in [1.165, 1.54) is 5.56 Å². The van der Waals surface area contributed by atoms with Gasteiger partial charge in [-0.15, -0.1) is 0 Å². The number of aliphatic hydroxyl groups is 1. The van der Waals surface area contributed by atoms with E-state index in [0.717, 1.165) is 6.42 Å². The highest BCUT2D eigenvalue weighted by atomic mass is 32.1. The van der Waals surface area contributed by atoms with E-state index >= 15 is 0 Å². The minimum atomic E-state index is -0.108. The summed E-state index contributed by atoms with van der Waals surface area (Å²) in [4.78, 5) is 3.96. The van der Waals surface area contributed by atoms with E-state index in [1.807, 2.05) is 12.1 Å². The molecular weight excluding hydrogens is 224 g/mol. The predicted octanol–water partition coefficient (Wildman–Crippen LogP) is 1.07. The predicted molar refractivity (Wildman–Crippen MR) is 61.3 cm³/mol. The average molecular weight is 236 g/mol. The van der Waals surface area contributed by atoms with Crippen LogP contribution >= 0.6 is 12.2 Å². The van der Waals surface area contributed by atoms with E-state index in [0.29, 0.717) is 17.1 Å². The van der Waals surface area contributed by atoms with Crippen LogP contribution in [0.5, 0.6) is 0 Å². The summed E-state index contributed by atoms with van der Waals surface area (Å²) in [6.07, 6.45) is 4.36. The first-order valence-electron chi connectivity index (χ1n) is 4.95. The van der Waals surface area contributed by atoms with Crippen LogP contribution in [0.1, 0.15) is 11.4 Å². The molecule has 84 valence electrons. The average Bonchev–Trinajstić information content (AvgIpc) is 2.69. The molecule has 2 aromatic heterocycles. The Balaban J connectivity index is 2.10. The summed E-state index contributed by atoms with van der Waals surface area (Å²) in [5.41, 5.74) is 1.18. The van der Waals surface area contributed by atoms with Crippen molar-refractivity contribution >= 4 is 12.2 Å². The molecule has 0 unspecified atom stereocenters. The fourth-order valence-corrected chi connectivity index (χ4v) is 1.73. The van der Waals surface area contributed by atoms with Gasteiger partial charge in [0, 0.05) is 18.9 Å². The summed E-state index contributed by atoms with van der Waals surface area (Å²) in [5, 5.41) is 15.7. The smallest absolute Gasteiger partial charge is 0.195 e. The minimum Gasteiger partial charge on any atom is -0.388 e. The second-order valence-corrected chi connectivity index (χ2v) is 3.75. The zero-order valence-corrected chi connectivity index (χ0v) is 9.44.